The molecule has 0 aliphatic carbocycles. The molecule has 0 spiro atoms. The van der Waals surface area contributed by atoms with E-state index >= 15 is 0 Å². The lowest BCUT2D eigenvalue weighted by Crippen LogP contribution is -2.33. The third kappa shape index (κ3) is 2.45. The monoisotopic (exact) mass is 247 g/mol. The van der Waals surface area contributed by atoms with Gasteiger partial charge in [0.1, 0.15) is 5.75 Å². The van der Waals surface area contributed by atoms with Crippen LogP contribution in [0, 0.1) is 0 Å². The fourth-order valence-corrected chi connectivity index (χ4v) is 2.15. The van der Waals surface area contributed by atoms with Crippen LogP contribution in [0.2, 0.25) is 0 Å². The summed E-state index contributed by atoms with van der Waals surface area (Å²) in [4.78, 5) is 13.7. The number of aryl methyl sites for hydroxylation is 1. The Bertz CT molecular complexity index is 448. The van der Waals surface area contributed by atoms with E-state index in [4.69, 9.17) is 9.47 Å². The van der Waals surface area contributed by atoms with Gasteiger partial charge in [-0.3, -0.25) is 0 Å². The summed E-state index contributed by atoms with van der Waals surface area (Å²) < 4.78 is 10.8. The second-order valence-corrected chi connectivity index (χ2v) is 4.56. The van der Waals surface area contributed by atoms with Gasteiger partial charge >= 0.3 is 5.97 Å². The van der Waals surface area contributed by atoms with Crippen LogP contribution in [0.5, 0.6) is 5.75 Å². The molecule has 0 N–H and O–H groups in total. The largest absolute Gasteiger partial charge is 0.476 e. The lowest BCUT2D eigenvalue weighted by molar-refractivity contribution is -0.152. The van der Waals surface area contributed by atoms with Crippen molar-refractivity contribution in [1.82, 2.24) is 0 Å². The van der Waals surface area contributed by atoms with Gasteiger partial charge < -0.3 is 14.3 Å². The number of carbonyl (C=O) groups excluding carboxylic acids is 1. The Morgan fingerprint density at radius 3 is 3.06 bits per heavy atom. The van der Waals surface area contributed by atoms with Crippen LogP contribution >= 0.6 is 0 Å². The van der Waals surface area contributed by atoms with Crippen LogP contribution in [0.3, 0.4) is 0 Å². The highest BCUT2D eigenvalue weighted by Gasteiger charge is 2.28. The number of nitrogens with zero attached hydrogens (tertiary/aromatic N) is 1. The second-order valence-electron chi connectivity index (χ2n) is 4.56. The summed E-state index contributed by atoms with van der Waals surface area (Å²) in [6.07, 6.45) is 1.06. The van der Waals surface area contributed by atoms with Gasteiger partial charge in [0.25, 0.3) is 0 Å². The van der Waals surface area contributed by atoms with E-state index < -0.39 is 6.10 Å². The van der Waals surface area contributed by atoms with Crippen LogP contribution in [0.4, 0.5) is 5.69 Å². The number of hydrogen-bond donors (Lipinski definition) is 0. The fourth-order valence-electron chi connectivity index (χ4n) is 2.15. The van der Waals surface area contributed by atoms with E-state index in [0.717, 1.165) is 23.4 Å². The van der Waals surface area contributed by atoms with Gasteiger partial charge in [0.2, 0.25) is 7.98 Å². The number of para-hydroxylation sites is 1. The van der Waals surface area contributed by atoms with Crippen LogP contribution in [-0.2, 0) is 16.0 Å². The molecule has 0 fully saturated rings. The first-order valence-corrected chi connectivity index (χ1v) is 6.26. The predicted octanol–water partition coefficient (Wildman–Crippen LogP) is 0.928. The molecule has 1 atom stereocenters. The van der Waals surface area contributed by atoms with Crippen molar-refractivity contribution in [3.05, 3.63) is 23.8 Å². The Morgan fingerprint density at radius 1 is 1.61 bits per heavy atom. The Morgan fingerprint density at radius 2 is 2.39 bits per heavy atom. The number of anilines is 1. The molecule has 18 heavy (non-hydrogen) atoms. The molecule has 1 aliphatic rings. The summed E-state index contributed by atoms with van der Waals surface area (Å²) in [5.74, 6) is 0.545. The number of fused-ring (bicyclic) bond motifs is 1. The number of rotatable bonds is 3. The standard InChI is InChI=1S/C13H18BNO3/c1-3-17-13(16)11-8-7-9-5-4-6-10(15(2)14)12(9)18-11/h4-6,11H,3,7-8,14H2,1-2H3. The quantitative estimate of drug-likeness (QED) is 0.588. The molecule has 1 unspecified atom stereocenters. The van der Waals surface area contributed by atoms with Crippen molar-refractivity contribution in [1.29, 1.82) is 0 Å². The van der Waals surface area contributed by atoms with Gasteiger partial charge in [0.15, 0.2) is 6.10 Å². The van der Waals surface area contributed by atoms with E-state index in [2.05, 4.69) is 0 Å². The molecule has 2 rings (SSSR count). The highest BCUT2D eigenvalue weighted by atomic mass is 16.6. The normalized spacial score (nSPS) is 17.6. The summed E-state index contributed by atoms with van der Waals surface area (Å²) in [6, 6.07) is 6.05. The van der Waals surface area contributed by atoms with Crippen molar-refractivity contribution in [3.63, 3.8) is 0 Å². The van der Waals surface area contributed by atoms with Crippen molar-refractivity contribution < 1.29 is 14.3 Å². The first-order chi connectivity index (χ1) is 8.63. The van der Waals surface area contributed by atoms with Crippen LogP contribution in [0.15, 0.2) is 18.2 Å². The Balaban J connectivity index is 2.24. The fraction of sp³-hybridized carbons (Fsp3) is 0.462. The van der Waals surface area contributed by atoms with Crippen molar-refractivity contribution in [2.45, 2.75) is 25.9 Å². The zero-order valence-corrected chi connectivity index (χ0v) is 11.1. The molecule has 4 nitrogen and oxygen atoms in total. The third-order valence-corrected chi connectivity index (χ3v) is 3.04. The second kappa shape index (κ2) is 5.33. The highest BCUT2D eigenvalue weighted by molar-refractivity contribution is 6.18. The maximum Gasteiger partial charge on any atom is 0.347 e. The maximum absolute atomic E-state index is 11.7. The first kappa shape index (κ1) is 12.8. The van der Waals surface area contributed by atoms with E-state index in [9.17, 15) is 4.79 Å². The molecule has 0 radical (unpaired) electrons. The smallest absolute Gasteiger partial charge is 0.347 e. The average molecular weight is 247 g/mol. The molecular formula is C13H18BNO3. The van der Waals surface area contributed by atoms with E-state index in [1.54, 1.807) is 6.92 Å². The minimum Gasteiger partial charge on any atom is -0.476 e. The number of ether oxygens (including phenoxy) is 2. The molecule has 5 heteroatoms. The van der Waals surface area contributed by atoms with Gasteiger partial charge in [-0.1, -0.05) is 12.1 Å². The summed E-state index contributed by atoms with van der Waals surface area (Å²) in [6.45, 7) is 2.20. The molecule has 0 saturated carbocycles. The summed E-state index contributed by atoms with van der Waals surface area (Å²) in [5.41, 5.74) is 2.16. The molecule has 1 heterocycles. The number of esters is 1. The average Bonchev–Trinajstić information content (AvgIpc) is 2.37. The van der Waals surface area contributed by atoms with E-state index in [1.807, 2.05) is 38.0 Å². The molecule has 1 aromatic carbocycles. The Labute approximate surface area is 108 Å². The third-order valence-electron chi connectivity index (χ3n) is 3.04. The van der Waals surface area contributed by atoms with E-state index in [-0.39, 0.29) is 5.97 Å². The van der Waals surface area contributed by atoms with Crippen molar-refractivity contribution in [2.75, 3.05) is 18.5 Å². The van der Waals surface area contributed by atoms with Gasteiger partial charge in [0, 0.05) is 0 Å². The molecule has 1 aliphatic heterocycles. The van der Waals surface area contributed by atoms with Crippen LogP contribution < -0.4 is 9.55 Å². The lowest BCUT2D eigenvalue weighted by Gasteiger charge is -2.28. The van der Waals surface area contributed by atoms with Crippen LogP contribution in [0.1, 0.15) is 18.9 Å². The maximum atomic E-state index is 11.7. The first-order valence-electron chi connectivity index (χ1n) is 6.26. The van der Waals surface area contributed by atoms with Gasteiger partial charge in [-0.05, 0) is 38.4 Å². The molecule has 0 amide bonds. The van der Waals surface area contributed by atoms with E-state index in [0.29, 0.717) is 13.0 Å². The topological polar surface area (TPSA) is 38.8 Å². The molecule has 0 bridgehead atoms. The highest BCUT2D eigenvalue weighted by Crippen LogP contribution is 2.36. The SMILES string of the molecule is BN(C)c1cccc2c1OC(C(=O)OCC)CC2. The predicted molar refractivity (Wildman–Crippen MR) is 72.8 cm³/mol. The minimum atomic E-state index is -0.474. The molecule has 96 valence electrons. The van der Waals surface area contributed by atoms with Gasteiger partial charge in [-0.2, -0.15) is 0 Å². The number of benzene rings is 1. The van der Waals surface area contributed by atoms with Crippen LogP contribution in [0.25, 0.3) is 0 Å². The zero-order chi connectivity index (χ0) is 13.1. The zero-order valence-electron chi connectivity index (χ0n) is 11.1. The lowest BCUT2D eigenvalue weighted by atomic mass is 10.0. The summed E-state index contributed by atoms with van der Waals surface area (Å²) >= 11 is 0. The van der Waals surface area contributed by atoms with Crippen LogP contribution in [-0.4, -0.2) is 33.7 Å². The van der Waals surface area contributed by atoms with Gasteiger partial charge in [-0.25, -0.2) is 4.79 Å². The molecule has 1 aromatic rings. The molecular weight excluding hydrogens is 229 g/mol. The minimum absolute atomic E-state index is 0.267. The summed E-state index contributed by atoms with van der Waals surface area (Å²) in [7, 11) is 3.93. The van der Waals surface area contributed by atoms with Crippen molar-refractivity contribution >= 4 is 19.6 Å². The van der Waals surface area contributed by atoms with Crippen molar-refractivity contribution in [2.24, 2.45) is 0 Å². The van der Waals surface area contributed by atoms with E-state index in [1.165, 1.54) is 0 Å². The van der Waals surface area contributed by atoms with Gasteiger partial charge in [0.05, 0.1) is 12.3 Å². The molecule has 0 aromatic heterocycles. The summed E-state index contributed by atoms with van der Waals surface area (Å²) in [5, 5.41) is 0. The number of carbonyl (C=O) groups is 1. The Hall–Kier alpha value is -1.65. The number of hydrogen-bond acceptors (Lipinski definition) is 4. The molecule has 0 saturated heterocycles. The van der Waals surface area contributed by atoms with Gasteiger partial charge in [-0.15, -0.1) is 0 Å². The van der Waals surface area contributed by atoms with Crippen molar-refractivity contribution in [3.8, 4) is 5.75 Å². The Kier molecular flexibility index (Phi) is 3.79.